The quantitative estimate of drug-likeness (QED) is 0.768. The Morgan fingerprint density at radius 2 is 2.00 bits per heavy atom. The van der Waals surface area contributed by atoms with Crippen molar-refractivity contribution in [1.82, 2.24) is 0 Å². The maximum absolute atomic E-state index is 12.3. The van der Waals surface area contributed by atoms with Crippen LogP contribution in [0, 0.1) is 6.92 Å². The molecule has 0 unspecified atom stereocenters. The van der Waals surface area contributed by atoms with Crippen LogP contribution in [0.4, 0.5) is 13.2 Å². The normalized spacial score (nSPS) is 12.0. The molecule has 1 aliphatic carbocycles. The van der Waals surface area contributed by atoms with Gasteiger partial charge in [-0.15, -0.1) is 0 Å². The van der Waals surface area contributed by atoms with E-state index in [9.17, 15) is 18.0 Å². The largest absolute Gasteiger partial charge is 0.472 e. The van der Waals surface area contributed by atoms with E-state index in [-0.39, 0.29) is 5.56 Å². The van der Waals surface area contributed by atoms with Crippen LogP contribution >= 0.6 is 0 Å². The standard InChI is InChI=1S/C12H9F3O2/c1-7-8(5-12(13,14)15)4-11(16)10-6-17-3-2-9(7)10/h2-4,6H,5H2,1H3. The van der Waals surface area contributed by atoms with Gasteiger partial charge in [0.15, 0.2) is 5.43 Å². The van der Waals surface area contributed by atoms with E-state index in [2.05, 4.69) is 0 Å². The van der Waals surface area contributed by atoms with Crippen LogP contribution in [0.2, 0.25) is 0 Å². The lowest BCUT2D eigenvalue weighted by atomic mass is 9.94. The highest BCUT2D eigenvalue weighted by Gasteiger charge is 2.29. The molecule has 0 saturated heterocycles. The fourth-order valence-electron chi connectivity index (χ4n) is 1.80. The Bertz CT molecular complexity index is 569. The average Bonchev–Trinajstić information content (AvgIpc) is 2.24. The van der Waals surface area contributed by atoms with Crippen LogP contribution in [0.1, 0.15) is 11.1 Å². The van der Waals surface area contributed by atoms with Gasteiger partial charge in [0, 0.05) is 0 Å². The van der Waals surface area contributed by atoms with Crippen LogP contribution < -0.4 is 5.43 Å². The summed E-state index contributed by atoms with van der Waals surface area (Å²) in [5.41, 5.74) is 0.835. The van der Waals surface area contributed by atoms with Gasteiger partial charge in [-0.05, 0) is 35.7 Å². The van der Waals surface area contributed by atoms with E-state index in [0.29, 0.717) is 16.7 Å². The van der Waals surface area contributed by atoms with Crippen LogP contribution in [-0.4, -0.2) is 6.18 Å². The van der Waals surface area contributed by atoms with E-state index in [4.69, 9.17) is 4.42 Å². The Morgan fingerprint density at radius 1 is 1.29 bits per heavy atom. The average molecular weight is 242 g/mol. The van der Waals surface area contributed by atoms with E-state index in [1.54, 1.807) is 6.92 Å². The molecule has 0 fully saturated rings. The molecule has 0 spiro atoms. The molecule has 0 radical (unpaired) electrons. The van der Waals surface area contributed by atoms with Gasteiger partial charge in [0.1, 0.15) is 6.26 Å². The summed E-state index contributed by atoms with van der Waals surface area (Å²) >= 11 is 0. The third-order valence-corrected chi connectivity index (χ3v) is 2.64. The molecule has 1 aliphatic heterocycles. The molecule has 0 aromatic carbocycles. The first-order chi connectivity index (χ1) is 7.88. The van der Waals surface area contributed by atoms with Crippen molar-refractivity contribution in [2.45, 2.75) is 19.5 Å². The molecular formula is C12H9F3O2. The molecule has 0 saturated carbocycles. The van der Waals surface area contributed by atoms with Crippen LogP contribution in [0.25, 0.3) is 11.1 Å². The zero-order valence-electron chi connectivity index (χ0n) is 8.97. The number of benzene rings is 1. The van der Waals surface area contributed by atoms with Crippen LogP contribution in [0.3, 0.4) is 0 Å². The first-order valence-electron chi connectivity index (χ1n) is 4.94. The van der Waals surface area contributed by atoms with Crippen molar-refractivity contribution in [3.05, 3.63) is 46.0 Å². The third-order valence-electron chi connectivity index (χ3n) is 2.64. The molecule has 0 bridgehead atoms. The van der Waals surface area contributed by atoms with E-state index < -0.39 is 18.0 Å². The fourth-order valence-corrected chi connectivity index (χ4v) is 1.80. The van der Waals surface area contributed by atoms with Gasteiger partial charge in [0.05, 0.1) is 18.2 Å². The van der Waals surface area contributed by atoms with Gasteiger partial charge in [-0.25, -0.2) is 0 Å². The molecule has 2 nitrogen and oxygen atoms in total. The van der Waals surface area contributed by atoms with Crippen molar-refractivity contribution in [2.75, 3.05) is 0 Å². The lowest BCUT2D eigenvalue weighted by molar-refractivity contribution is -0.127. The molecule has 5 heteroatoms. The van der Waals surface area contributed by atoms with Crippen molar-refractivity contribution in [1.29, 1.82) is 0 Å². The predicted octanol–water partition coefficient (Wildman–Crippen LogP) is 3.16. The summed E-state index contributed by atoms with van der Waals surface area (Å²) in [5, 5.41) is 0. The maximum Gasteiger partial charge on any atom is 0.393 e. The number of halogens is 3. The van der Waals surface area contributed by atoms with Gasteiger partial charge in [-0.3, -0.25) is 4.79 Å². The van der Waals surface area contributed by atoms with Gasteiger partial charge >= 0.3 is 6.18 Å². The second-order valence-corrected chi connectivity index (χ2v) is 3.83. The lowest BCUT2D eigenvalue weighted by Gasteiger charge is -2.13. The highest BCUT2D eigenvalue weighted by Crippen LogP contribution is 2.28. The first-order valence-corrected chi connectivity index (χ1v) is 4.94. The molecule has 0 aromatic heterocycles. The summed E-state index contributed by atoms with van der Waals surface area (Å²) in [6, 6.07) is 2.53. The van der Waals surface area contributed by atoms with Gasteiger partial charge in [-0.2, -0.15) is 13.2 Å². The third kappa shape index (κ3) is 2.33. The molecule has 0 aromatic rings. The van der Waals surface area contributed by atoms with Crippen LogP contribution in [0.15, 0.2) is 33.9 Å². The second kappa shape index (κ2) is 3.91. The predicted molar refractivity (Wildman–Crippen MR) is 56.1 cm³/mol. The molecule has 0 N–H and O–H groups in total. The summed E-state index contributed by atoms with van der Waals surface area (Å²) < 4.78 is 41.8. The fraction of sp³-hybridized carbons (Fsp3) is 0.250. The molecule has 1 heterocycles. The van der Waals surface area contributed by atoms with Crippen molar-refractivity contribution >= 4 is 0 Å². The van der Waals surface area contributed by atoms with E-state index in [1.807, 2.05) is 0 Å². The molecule has 2 aliphatic rings. The molecule has 17 heavy (non-hydrogen) atoms. The van der Waals surface area contributed by atoms with Gasteiger partial charge in [0.2, 0.25) is 0 Å². The molecule has 0 atom stereocenters. The van der Waals surface area contributed by atoms with Gasteiger partial charge in [-0.1, -0.05) is 0 Å². The van der Waals surface area contributed by atoms with Gasteiger partial charge < -0.3 is 4.42 Å². The van der Waals surface area contributed by atoms with E-state index >= 15 is 0 Å². The second-order valence-electron chi connectivity index (χ2n) is 3.83. The smallest absolute Gasteiger partial charge is 0.393 e. The van der Waals surface area contributed by atoms with Crippen molar-refractivity contribution in [2.24, 2.45) is 0 Å². The topological polar surface area (TPSA) is 30.2 Å². The van der Waals surface area contributed by atoms with Crippen molar-refractivity contribution < 1.29 is 17.6 Å². The maximum atomic E-state index is 12.3. The Balaban J connectivity index is 2.64. The summed E-state index contributed by atoms with van der Waals surface area (Å²) in [5.74, 6) is 0. The number of fused-ring (bicyclic) bond motifs is 1. The number of hydrogen-bond acceptors (Lipinski definition) is 2. The van der Waals surface area contributed by atoms with Crippen LogP contribution in [-0.2, 0) is 6.42 Å². The Morgan fingerprint density at radius 3 is 2.65 bits per heavy atom. The lowest BCUT2D eigenvalue weighted by Crippen LogP contribution is -2.16. The number of hydrogen-bond donors (Lipinski definition) is 0. The SMILES string of the molecule is Cc1c(CC(F)(F)F)cc(=O)c2coccc1-2. The summed E-state index contributed by atoms with van der Waals surface area (Å²) in [4.78, 5) is 11.6. The van der Waals surface area contributed by atoms with Crippen LogP contribution in [0.5, 0.6) is 0 Å². The summed E-state index contributed by atoms with van der Waals surface area (Å²) in [6.07, 6.45) is -2.81. The van der Waals surface area contributed by atoms with E-state index in [0.717, 1.165) is 6.07 Å². The minimum absolute atomic E-state index is 0.0150. The Labute approximate surface area is 95.0 Å². The zero-order chi connectivity index (χ0) is 12.6. The van der Waals surface area contributed by atoms with Crippen molar-refractivity contribution in [3.8, 4) is 11.1 Å². The zero-order valence-corrected chi connectivity index (χ0v) is 8.97. The summed E-state index contributed by atoms with van der Waals surface area (Å²) in [7, 11) is 0. The van der Waals surface area contributed by atoms with Crippen molar-refractivity contribution in [3.63, 3.8) is 0 Å². The van der Waals surface area contributed by atoms with Gasteiger partial charge in [0.25, 0.3) is 0 Å². The minimum atomic E-state index is -4.32. The summed E-state index contributed by atoms with van der Waals surface area (Å²) in [6.45, 7) is 1.57. The molecule has 0 amide bonds. The highest BCUT2D eigenvalue weighted by molar-refractivity contribution is 5.68. The highest BCUT2D eigenvalue weighted by atomic mass is 19.4. The molecule has 2 rings (SSSR count). The monoisotopic (exact) mass is 242 g/mol. The van der Waals surface area contributed by atoms with E-state index in [1.165, 1.54) is 18.6 Å². The Hall–Kier alpha value is -1.78. The Kier molecular flexibility index (Phi) is 2.69. The molecule has 90 valence electrons. The first kappa shape index (κ1) is 11.7. The molecular weight excluding hydrogens is 233 g/mol. The number of rotatable bonds is 1. The number of alkyl halides is 3. The minimum Gasteiger partial charge on any atom is -0.472 e.